The van der Waals surface area contributed by atoms with Crippen molar-refractivity contribution in [1.29, 1.82) is 0 Å². The monoisotopic (exact) mass is 414 g/mol. The Labute approximate surface area is 188 Å². The van der Waals surface area contributed by atoms with E-state index in [0.717, 1.165) is 50.3 Å². The van der Waals surface area contributed by atoms with Crippen LogP contribution in [0.3, 0.4) is 0 Å². The first kappa shape index (κ1) is 19.8. The molecule has 32 heavy (non-hydrogen) atoms. The summed E-state index contributed by atoms with van der Waals surface area (Å²) in [5.74, 6) is 0.805. The minimum absolute atomic E-state index is 0.0408. The summed E-state index contributed by atoms with van der Waals surface area (Å²) in [6.45, 7) is 0. The van der Waals surface area contributed by atoms with Crippen LogP contribution in [0, 0.1) is 0 Å². The number of hydrogen-bond acceptors (Lipinski definition) is 2. The van der Waals surface area contributed by atoms with Crippen molar-refractivity contribution in [2.75, 3.05) is 7.11 Å². The smallest absolute Gasteiger partial charge is 0.195 e. The Morgan fingerprint density at radius 1 is 0.438 bits per heavy atom. The molecule has 2 nitrogen and oxygen atoms in total. The predicted molar refractivity (Wildman–Crippen MR) is 131 cm³/mol. The molecule has 0 bridgehead atoms. The number of hydrogen-bond donors (Lipinski definition) is 0. The number of ketones is 1. The Kier molecular flexibility index (Phi) is 5.27. The molecule has 0 amide bonds. The van der Waals surface area contributed by atoms with Gasteiger partial charge in [0.05, 0.1) is 7.11 Å². The molecular weight excluding hydrogens is 392 g/mol. The maximum atomic E-state index is 14.1. The molecule has 0 radical (unpaired) electrons. The van der Waals surface area contributed by atoms with Gasteiger partial charge in [-0.05, 0) is 34.4 Å². The molecule has 0 saturated carbocycles. The molecule has 0 spiro atoms. The van der Waals surface area contributed by atoms with E-state index in [-0.39, 0.29) is 5.78 Å². The standard InChI is InChI=1S/C30H22O2/c1-32-25-19-17-24(18-20-25)29-27(22-13-7-3-8-14-22)26(21-11-5-2-6-12-21)28(30(29)31)23-15-9-4-10-16-23/h2-20H,1H3. The number of Topliss-reactive ketones (excluding diaryl/α,β-unsaturated/α-hetero) is 1. The third kappa shape index (κ3) is 3.46. The van der Waals surface area contributed by atoms with Crippen LogP contribution in [-0.2, 0) is 4.79 Å². The number of rotatable bonds is 5. The minimum atomic E-state index is 0.0408. The van der Waals surface area contributed by atoms with Crippen LogP contribution in [0.2, 0.25) is 0 Å². The largest absolute Gasteiger partial charge is 0.497 e. The molecule has 0 aromatic heterocycles. The maximum Gasteiger partial charge on any atom is 0.195 e. The molecule has 2 heteroatoms. The second-order valence-electron chi connectivity index (χ2n) is 7.66. The fourth-order valence-corrected chi connectivity index (χ4v) is 4.30. The molecule has 4 aromatic rings. The lowest BCUT2D eigenvalue weighted by Crippen LogP contribution is -2.02. The van der Waals surface area contributed by atoms with Crippen molar-refractivity contribution in [3.05, 3.63) is 138 Å². The summed E-state index contributed by atoms with van der Waals surface area (Å²) in [4.78, 5) is 14.1. The van der Waals surface area contributed by atoms with Gasteiger partial charge in [0.1, 0.15) is 5.75 Å². The fourth-order valence-electron chi connectivity index (χ4n) is 4.30. The zero-order valence-corrected chi connectivity index (χ0v) is 17.8. The maximum absolute atomic E-state index is 14.1. The molecule has 0 aliphatic heterocycles. The van der Waals surface area contributed by atoms with Crippen LogP contribution < -0.4 is 4.74 Å². The van der Waals surface area contributed by atoms with Gasteiger partial charge in [0.25, 0.3) is 0 Å². The van der Waals surface area contributed by atoms with E-state index in [2.05, 4.69) is 24.3 Å². The Morgan fingerprint density at radius 3 is 1.16 bits per heavy atom. The van der Waals surface area contributed by atoms with Gasteiger partial charge in [0.15, 0.2) is 5.78 Å². The van der Waals surface area contributed by atoms with Gasteiger partial charge in [-0.2, -0.15) is 0 Å². The van der Waals surface area contributed by atoms with E-state index in [9.17, 15) is 4.79 Å². The van der Waals surface area contributed by atoms with Crippen molar-refractivity contribution in [3.8, 4) is 5.75 Å². The molecule has 0 saturated heterocycles. The zero-order chi connectivity index (χ0) is 21.9. The van der Waals surface area contributed by atoms with E-state index in [1.54, 1.807) is 7.11 Å². The number of carbonyl (C=O) groups excluding carboxylic acids is 1. The number of allylic oxidation sites excluding steroid dienone is 4. The van der Waals surface area contributed by atoms with Crippen LogP contribution in [0.25, 0.3) is 22.3 Å². The average Bonchev–Trinajstić information content (AvgIpc) is 3.18. The first-order valence-electron chi connectivity index (χ1n) is 10.6. The quantitative estimate of drug-likeness (QED) is 0.359. The summed E-state index contributed by atoms with van der Waals surface area (Å²) in [6, 6.07) is 38.0. The van der Waals surface area contributed by atoms with Gasteiger partial charge >= 0.3 is 0 Å². The molecule has 0 atom stereocenters. The zero-order valence-electron chi connectivity index (χ0n) is 17.8. The van der Waals surface area contributed by atoms with Crippen molar-refractivity contribution in [2.45, 2.75) is 0 Å². The summed E-state index contributed by atoms with van der Waals surface area (Å²) in [7, 11) is 1.65. The van der Waals surface area contributed by atoms with Gasteiger partial charge in [-0.15, -0.1) is 0 Å². The van der Waals surface area contributed by atoms with Crippen LogP contribution >= 0.6 is 0 Å². The lowest BCUT2D eigenvalue weighted by atomic mass is 9.89. The highest BCUT2D eigenvalue weighted by Crippen LogP contribution is 2.49. The van der Waals surface area contributed by atoms with E-state index < -0.39 is 0 Å². The predicted octanol–water partition coefficient (Wildman–Crippen LogP) is 6.80. The molecule has 0 heterocycles. The summed E-state index contributed by atoms with van der Waals surface area (Å²) < 4.78 is 5.34. The van der Waals surface area contributed by atoms with Crippen LogP contribution in [0.4, 0.5) is 0 Å². The number of carbonyl (C=O) groups is 1. The summed E-state index contributed by atoms with van der Waals surface area (Å²) in [6.07, 6.45) is 0. The van der Waals surface area contributed by atoms with E-state index in [0.29, 0.717) is 0 Å². The highest BCUT2D eigenvalue weighted by Gasteiger charge is 2.35. The van der Waals surface area contributed by atoms with Gasteiger partial charge in [-0.1, -0.05) is 103 Å². The summed E-state index contributed by atoms with van der Waals surface area (Å²) in [5, 5.41) is 0. The van der Waals surface area contributed by atoms with Gasteiger partial charge < -0.3 is 4.74 Å². The minimum Gasteiger partial charge on any atom is -0.497 e. The molecule has 1 aliphatic rings. The van der Waals surface area contributed by atoms with Gasteiger partial charge in [-0.25, -0.2) is 0 Å². The normalized spacial score (nSPS) is 13.6. The summed E-state index contributed by atoms with van der Waals surface area (Å²) in [5.41, 5.74) is 7.25. The molecular formula is C30H22O2. The molecule has 0 unspecified atom stereocenters. The Balaban J connectivity index is 1.84. The van der Waals surface area contributed by atoms with Crippen LogP contribution in [0.1, 0.15) is 22.3 Å². The van der Waals surface area contributed by atoms with E-state index in [4.69, 9.17) is 4.74 Å². The van der Waals surface area contributed by atoms with E-state index >= 15 is 0 Å². The number of ether oxygens (including phenoxy) is 1. The van der Waals surface area contributed by atoms with Crippen LogP contribution in [0.15, 0.2) is 115 Å². The highest BCUT2D eigenvalue weighted by atomic mass is 16.5. The van der Waals surface area contributed by atoms with Crippen molar-refractivity contribution < 1.29 is 9.53 Å². The average molecular weight is 415 g/mol. The van der Waals surface area contributed by atoms with Gasteiger partial charge in [0.2, 0.25) is 0 Å². The second-order valence-corrected chi connectivity index (χ2v) is 7.66. The van der Waals surface area contributed by atoms with Crippen molar-refractivity contribution in [1.82, 2.24) is 0 Å². The van der Waals surface area contributed by atoms with Crippen LogP contribution in [0.5, 0.6) is 5.75 Å². The number of methoxy groups -OCH3 is 1. The molecule has 0 N–H and O–H groups in total. The third-order valence-electron chi connectivity index (χ3n) is 5.77. The van der Waals surface area contributed by atoms with E-state index in [1.165, 1.54) is 0 Å². The summed E-state index contributed by atoms with van der Waals surface area (Å²) >= 11 is 0. The molecule has 4 aromatic carbocycles. The van der Waals surface area contributed by atoms with Crippen molar-refractivity contribution in [2.24, 2.45) is 0 Å². The number of benzene rings is 4. The molecule has 5 rings (SSSR count). The Morgan fingerprint density at radius 2 is 0.781 bits per heavy atom. The molecule has 0 fully saturated rings. The molecule has 1 aliphatic carbocycles. The van der Waals surface area contributed by atoms with E-state index in [1.807, 2.05) is 91.0 Å². The van der Waals surface area contributed by atoms with Crippen molar-refractivity contribution in [3.63, 3.8) is 0 Å². The molecule has 154 valence electrons. The highest BCUT2D eigenvalue weighted by molar-refractivity contribution is 6.59. The third-order valence-corrected chi connectivity index (χ3v) is 5.77. The Bertz CT molecular complexity index is 1310. The van der Waals surface area contributed by atoms with Gasteiger partial charge in [0, 0.05) is 22.3 Å². The first-order valence-corrected chi connectivity index (χ1v) is 10.6. The lowest BCUT2D eigenvalue weighted by Gasteiger charge is -2.13. The van der Waals surface area contributed by atoms with Crippen LogP contribution in [-0.4, -0.2) is 12.9 Å². The topological polar surface area (TPSA) is 26.3 Å². The van der Waals surface area contributed by atoms with Crippen molar-refractivity contribution >= 4 is 28.1 Å². The lowest BCUT2D eigenvalue weighted by molar-refractivity contribution is -0.108. The van der Waals surface area contributed by atoms with Gasteiger partial charge in [-0.3, -0.25) is 4.79 Å². The first-order chi connectivity index (χ1) is 15.8. The second kappa shape index (κ2) is 8.52. The Hall–Kier alpha value is -4.17. The fraction of sp³-hybridized carbons (Fsp3) is 0.0333. The SMILES string of the molecule is COc1ccc(C2=C(c3ccccc3)C(c3ccccc3)=C(c3ccccc3)C2=O)cc1.